The van der Waals surface area contributed by atoms with E-state index in [2.05, 4.69) is 25.7 Å². The minimum Gasteiger partial charge on any atom is -0.372 e. The van der Waals surface area contributed by atoms with Gasteiger partial charge in [-0.2, -0.15) is 23.3 Å². The lowest BCUT2D eigenvalue weighted by Gasteiger charge is -2.20. The first-order chi connectivity index (χ1) is 16.4. The summed E-state index contributed by atoms with van der Waals surface area (Å²) in [5.74, 6) is -1.21. The number of primary amides is 1. The van der Waals surface area contributed by atoms with E-state index >= 15 is 0 Å². The second-order valence-electron chi connectivity index (χ2n) is 8.64. The zero-order chi connectivity index (χ0) is 25.8. The van der Waals surface area contributed by atoms with Crippen molar-refractivity contribution < 1.29 is 27.5 Å². The molecule has 35 heavy (non-hydrogen) atoms. The van der Waals surface area contributed by atoms with Gasteiger partial charge in [-0.15, -0.1) is 0 Å². The van der Waals surface area contributed by atoms with Crippen molar-refractivity contribution in [2.45, 2.75) is 45.3 Å². The van der Waals surface area contributed by atoms with Gasteiger partial charge in [-0.3, -0.25) is 14.3 Å². The number of amides is 2. The van der Waals surface area contributed by atoms with Gasteiger partial charge in [0.15, 0.2) is 0 Å². The summed E-state index contributed by atoms with van der Waals surface area (Å²) in [5, 5.41) is 9.82. The minimum absolute atomic E-state index is 0.0131. The highest BCUT2D eigenvalue weighted by atomic mass is 19.4. The van der Waals surface area contributed by atoms with Crippen LogP contribution >= 0.6 is 0 Å². The number of carbonyl (C=O) groups is 2. The molecule has 0 atom stereocenters. The third-order valence-corrected chi connectivity index (χ3v) is 5.61. The molecule has 14 heteroatoms. The van der Waals surface area contributed by atoms with E-state index in [1.54, 1.807) is 25.7 Å². The molecule has 1 saturated heterocycles. The Labute approximate surface area is 200 Å². The number of rotatable bonds is 9. The SMILES string of the molecule is Cc1nn(C(C)(C)C(N)=O)cc1Nc1ncc(C(F)(F)F)c(NCCCN2CCCOCC2=O)n1. The average Bonchev–Trinajstić information content (AvgIpc) is 3.01. The summed E-state index contributed by atoms with van der Waals surface area (Å²) in [6, 6.07) is 0. The molecule has 1 aliphatic rings. The maximum Gasteiger partial charge on any atom is 0.421 e. The van der Waals surface area contributed by atoms with E-state index in [-0.39, 0.29) is 30.8 Å². The average molecular weight is 499 g/mol. The minimum atomic E-state index is -4.66. The molecular formula is C21H29F3N8O3. The molecule has 11 nitrogen and oxygen atoms in total. The van der Waals surface area contributed by atoms with Gasteiger partial charge in [0.1, 0.15) is 23.5 Å². The molecule has 3 heterocycles. The van der Waals surface area contributed by atoms with E-state index in [0.29, 0.717) is 50.1 Å². The van der Waals surface area contributed by atoms with Crippen molar-refractivity contribution in [1.82, 2.24) is 24.6 Å². The van der Waals surface area contributed by atoms with E-state index in [0.717, 1.165) is 0 Å². The van der Waals surface area contributed by atoms with Gasteiger partial charge in [-0.25, -0.2) is 4.98 Å². The lowest BCUT2D eigenvalue weighted by Crippen LogP contribution is -2.41. The number of hydrogen-bond acceptors (Lipinski definition) is 8. The van der Waals surface area contributed by atoms with Gasteiger partial charge < -0.3 is 26.0 Å². The molecule has 192 valence electrons. The highest BCUT2D eigenvalue weighted by Gasteiger charge is 2.35. The number of carbonyl (C=O) groups excluding carboxylic acids is 2. The van der Waals surface area contributed by atoms with E-state index in [1.807, 2.05) is 0 Å². The quantitative estimate of drug-likeness (QED) is 0.446. The fourth-order valence-corrected chi connectivity index (χ4v) is 3.33. The van der Waals surface area contributed by atoms with Crippen molar-refractivity contribution in [2.24, 2.45) is 5.73 Å². The molecule has 1 aliphatic heterocycles. The molecule has 2 amide bonds. The molecule has 2 aromatic heterocycles. The van der Waals surface area contributed by atoms with Crippen LogP contribution in [-0.4, -0.2) is 69.3 Å². The molecule has 0 radical (unpaired) electrons. The molecule has 0 spiro atoms. The topological polar surface area (TPSA) is 140 Å². The van der Waals surface area contributed by atoms with Crippen LogP contribution in [0.5, 0.6) is 0 Å². The van der Waals surface area contributed by atoms with Gasteiger partial charge in [0.05, 0.1) is 17.6 Å². The lowest BCUT2D eigenvalue weighted by atomic mass is 10.1. The van der Waals surface area contributed by atoms with Crippen molar-refractivity contribution in [3.63, 3.8) is 0 Å². The zero-order valence-electron chi connectivity index (χ0n) is 19.8. The van der Waals surface area contributed by atoms with Crippen molar-refractivity contribution in [3.05, 3.63) is 23.7 Å². The number of ether oxygens (including phenoxy) is 1. The predicted molar refractivity (Wildman–Crippen MR) is 121 cm³/mol. The monoisotopic (exact) mass is 498 g/mol. The van der Waals surface area contributed by atoms with E-state index < -0.39 is 23.2 Å². The number of hydrogen-bond donors (Lipinski definition) is 3. The van der Waals surface area contributed by atoms with Crippen molar-refractivity contribution in [1.29, 1.82) is 0 Å². The first kappa shape index (κ1) is 26.2. The Balaban J connectivity index is 1.72. The smallest absolute Gasteiger partial charge is 0.372 e. The maximum absolute atomic E-state index is 13.5. The third kappa shape index (κ3) is 6.38. The van der Waals surface area contributed by atoms with Crippen LogP contribution in [0.15, 0.2) is 12.4 Å². The molecule has 0 bridgehead atoms. The second kappa shape index (κ2) is 10.5. The van der Waals surface area contributed by atoms with Crippen molar-refractivity contribution >= 4 is 29.3 Å². The first-order valence-electron chi connectivity index (χ1n) is 11.1. The van der Waals surface area contributed by atoms with Gasteiger partial charge in [0.2, 0.25) is 17.8 Å². The number of nitrogens with zero attached hydrogens (tertiary/aromatic N) is 5. The number of halogens is 3. The van der Waals surface area contributed by atoms with Crippen LogP contribution in [0.25, 0.3) is 0 Å². The highest BCUT2D eigenvalue weighted by Crippen LogP contribution is 2.34. The molecule has 4 N–H and O–H groups in total. The first-order valence-corrected chi connectivity index (χ1v) is 11.1. The van der Waals surface area contributed by atoms with Gasteiger partial charge in [0.25, 0.3) is 0 Å². The van der Waals surface area contributed by atoms with Crippen LogP contribution in [0.2, 0.25) is 0 Å². The Bertz CT molecular complexity index is 1070. The van der Waals surface area contributed by atoms with E-state index in [9.17, 15) is 22.8 Å². The number of aromatic nitrogens is 4. The van der Waals surface area contributed by atoms with Crippen LogP contribution < -0.4 is 16.4 Å². The molecule has 0 unspecified atom stereocenters. The fraction of sp³-hybridized carbons (Fsp3) is 0.571. The normalized spacial score (nSPS) is 15.1. The maximum atomic E-state index is 13.5. The second-order valence-corrected chi connectivity index (χ2v) is 8.64. The van der Waals surface area contributed by atoms with Crippen LogP contribution in [0.3, 0.4) is 0 Å². The number of anilines is 3. The van der Waals surface area contributed by atoms with Crippen LogP contribution in [-0.2, 0) is 26.0 Å². The Hall–Kier alpha value is -3.42. The highest BCUT2D eigenvalue weighted by molar-refractivity contribution is 5.81. The summed E-state index contributed by atoms with van der Waals surface area (Å²) < 4.78 is 47.1. The van der Waals surface area contributed by atoms with Gasteiger partial charge in [0, 0.05) is 32.4 Å². The lowest BCUT2D eigenvalue weighted by molar-refractivity contribution is -0.137. The molecule has 1 fully saturated rings. The third-order valence-electron chi connectivity index (χ3n) is 5.61. The molecule has 0 aliphatic carbocycles. The Morgan fingerprint density at radius 3 is 2.74 bits per heavy atom. The Kier molecular flexibility index (Phi) is 7.83. The van der Waals surface area contributed by atoms with Crippen LogP contribution in [0, 0.1) is 6.92 Å². The van der Waals surface area contributed by atoms with Gasteiger partial charge in [-0.05, 0) is 33.6 Å². The molecular weight excluding hydrogens is 469 g/mol. The number of alkyl halides is 3. The molecule has 0 aromatic carbocycles. The van der Waals surface area contributed by atoms with E-state index in [1.165, 1.54) is 10.9 Å². The fourth-order valence-electron chi connectivity index (χ4n) is 3.33. The Morgan fingerprint density at radius 2 is 2.06 bits per heavy atom. The summed E-state index contributed by atoms with van der Waals surface area (Å²) in [4.78, 5) is 33.1. The standard InChI is InChI=1S/C21H29F3N8O3/c1-13-15(11-32(30-13)20(2,3)18(25)34)28-19-27-10-14(21(22,23)24)17(29-19)26-6-4-7-31-8-5-9-35-12-16(31)33/h10-11H,4-9,12H2,1-3H3,(H2,25,34)(H2,26,27,28,29). The zero-order valence-corrected chi connectivity index (χ0v) is 19.8. The van der Waals surface area contributed by atoms with Crippen LogP contribution in [0.1, 0.15) is 37.9 Å². The molecule has 0 saturated carbocycles. The molecule has 3 rings (SSSR count). The van der Waals surface area contributed by atoms with Crippen molar-refractivity contribution in [3.8, 4) is 0 Å². The largest absolute Gasteiger partial charge is 0.421 e. The van der Waals surface area contributed by atoms with Gasteiger partial charge in [-0.1, -0.05) is 0 Å². The Morgan fingerprint density at radius 1 is 1.31 bits per heavy atom. The summed E-state index contributed by atoms with van der Waals surface area (Å²) in [6.45, 7) is 6.46. The number of aryl methyl sites for hydroxylation is 1. The number of nitrogens with two attached hydrogens (primary N) is 1. The summed E-state index contributed by atoms with van der Waals surface area (Å²) in [7, 11) is 0. The summed E-state index contributed by atoms with van der Waals surface area (Å²) in [6.07, 6.45) is -1.32. The number of nitrogens with one attached hydrogen (secondary N) is 2. The van der Waals surface area contributed by atoms with Crippen molar-refractivity contribution in [2.75, 3.05) is 43.5 Å². The molecule has 2 aromatic rings. The van der Waals surface area contributed by atoms with Crippen LogP contribution in [0.4, 0.5) is 30.6 Å². The van der Waals surface area contributed by atoms with Gasteiger partial charge >= 0.3 is 6.18 Å². The summed E-state index contributed by atoms with van der Waals surface area (Å²) in [5.41, 5.74) is 4.19. The summed E-state index contributed by atoms with van der Waals surface area (Å²) >= 11 is 0. The predicted octanol–water partition coefficient (Wildman–Crippen LogP) is 2.02. The van der Waals surface area contributed by atoms with E-state index in [4.69, 9.17) is 10.5 Å².